The van der Waals surface area contributed by atoms with Crippen molar-refractivity contribution in [3.05, 3.63) is 52.4 Å². The fourth-order valence-electron chi connectivity index (χ4n) is 2.23. The van der Waals surface area contributed by atoms with Gasteiger partial charge >= 0.3 is 0 Å². The number of amides is 1. The monoisotopic (exact) mass is 286 g/mol. The van der Waals surface area contributed by atoms with Crippen LogP contribution in [0.1, 0.15) is 44.7 Å². The van der Waals surface area contributed by atoms with Crippen molar-refractivity contribution < 1.29 is 14.1 Å². The van der Waals surface area contributed by atoms with Gasteiger partial charge in [-0.2, -0.15) is 0 Å². The van der Waals surface area contributed by atoms with Crippen molar-refractivity contribution in [1.29, 1.82) is 0 Å². The highest BCUT2D eigenvalue weighted by Crippen LogP contribution is 2.18. The van der Waals surface area contributed by atoms with Crippen molar-refractivity contribution in [1.82, 2.24) is 10.5 Å². The first-order chi connectivity index (χ1) is 10.1. The van der Waals surface area contributed by atoms with Crippen LogP contribution in [-0.4, -0.2) is 23.9 Å². The molecule has 2 aromatic rings. The number of Topliss-reactive ketones (excluding diaryl/α,β-unsaturated/α-hetero) is 1. The third-order valence-electron chi connectivity index (χ3n) is 3.39. The van der Waals surface area contributed by atoms with Gasteiger partial charge in [0.25, 0.3) is 5.91 Å². The molecule has 5 nitrogen and oxygen atoms in total. The van der Waals surface area contributed by atoms with Gasteiger partial charge in [-0.1, -0.05) is 36.3 Å². The molecule has 0 unspecified atom stereocenters. The highest BCUT2D eigenvalue weighted by molar-refractivity contribution is 6.01. The van der Waals surface area contributed by atoms with E-state index < -0.39 is 0 Å². The molecule has 110 valence electrons. The Morgan fingerprint density at radius 2 is 2.00 bits per heavy atom. The summed E-state index contributed by atoms with van der Waals surface area (Å²) < 4.78 is 5.21. The molecule has 2 rings (SSSR count). The molecule has 0 spiro atoms. The predicted octanol–water partition coefficient (Wildman–Crippen LogP) is 2.33. The summed E-state index contributed by atoms with van der Waals surface area (Å²) in [6.45, 7) is 3.77. The molecule has 0 bridgehead atoms. The first kappa shape index (κ1) is 15.0. The maximum atomic E-state index is 12.4. The Morgan fingerprint density at radius 3 is 2.62 bits per heavy atom. The SMILES string of the molecule is CCc1noc(CC(=O)c2ccccc2C)c1C(=O)NC. The van der Waals surface area contributed by atoms with Crippen LogP contribution in [0.3, 0.4) is 0 Å². The Labute approximate surface area is 123 Å². The minimum absolute atomic E-state index is 0.0284. The van der Waals surface area contributed by atoms with E-state index in [0.717, 1.165) is 5.56 Å². The fraction of sp³-hybridized carbons (Fsp3) is 0.312. The van der Waals surface area contributed by atoms with Crippen LogP contribution in [0.25, 0.3) is 0 Å². The normalized spacial score (nSPS) is 10.4. The number of nitrogens with one attached hydrogen (secondary N) is 1. The minimum Gasteiger partial charge on any atom is -0.360 e. The van der Waals surface area contributed by atoms with Crippen molar-refractivity contribution >= 4 is 11.7 Å². The zero-order chi connectivity index (χ0) is 15.4. The van der Waals surface area contributed by atoms with E-state index in [4.69, 9.17) is 4.52 Å². The number of nitrogens with zero attached hydrogens (tertiary/aromatic N) is 1. The second kappa shape index (κ2) is 6.35. The molecule has 1 heterocycles. The fourth-order valence-corrected chi connectivity index (χ4v) is 2.23. The van der Waals surface area contributed by atoms with Gasteiger partial charge in [-0.05, 0) is 18.9 Å². The highest BCUT2D eigenvalue weighted by Gasteiger charge is 2.23. The quantitative estimate of drug-likeness (QED) is 0.856. The number of benzene rings is 1. The second-order valence-electron chi connectivity index (χ2n) is 4.77. The van der Waals surface area contributed by atoms with Crippen LogP contribution in [0.2, 0.25) is 0 Å². The third-order valence-corrected chi connectivity index (χ3v) is 3.39. The van der Waals surface area contributed by atoms with E-state index in [1.165, 1.54) is 0 Å². The molecule has 0 saturated heterocycles. The van der Waals surface area contributed by atoms with Crippen molar-refractivity contribution in [3.63, 3.8) is 0 Å². The van der Waals surface area contributed by atoms with Gasteiger partial charge in [0.15, 0.2) is 11.5 Å². The summed E-state index contributed by atoms with van der Waals surface area (Å²) in [7, 11) is 1.54. The summed E-state index contributed by atoms with van der Waals surface area (Å²) in [6, 6.07) is 7.35. The number of ketones is 1. The van der Waals surface area contributed by atoms with E-state index in [1.54, 1.807) is 13.1 Å². The first-order valence-electron chi connectivity index (χ1n) is 6.86. The summed E-state index contributed by atoms with van der Waals surface area (Å²) >= 11 is 0. The summed E-state index contributed by atoms with van der Waals surface area (Å²) in [6.07, 6.45) is 0.603. The number of hydrogen-bond acceptors (Lipinski definition) is 4. The van der Waals surface area contributed by atoms with E-state index >= 15 is 0 Å². The number of aromatic nitrogens is 1. The van der Waals surface area contributed by atoms with Gasteiger partial charge in [0.2, 0.25) is 0 Å². The van der Waals surface area contributed by atoms with Crippen LogP contribution < -0.4 is 5.32 Å². The van der Waals surface area contributed by atoms with Gasteiger partial charge in [-0.3, -0.25) is 9.59 Å². The molecule has 21 heavy (non-hydrogen) atoms. The van der Waals surface area contributed by atoms with Gasteiger partial charge in [0, 0.05) is 12.6 Å². The van der Waals surface area contributed by atoms with Crippen LogP contribution in [-0.2, 0) is 12.8 Å². The van der Waals surface area contributed by atoms with E-state index in [0.29, 0.717) is 29.0 Å². The molecule has 0 radical (unpaired) electrons. The molecule has 0 saturated carbocycles. The molecular weight excluding hydrogens is 268 g/mol. The van der Waals surface area contributed by atoms with Crippen LogP contribution in [0, 0.1) is 6.92 Å². The number of hydrogen-bond donors (Lipinski definition) is 1. The summed E-state index contributed by atoms with van der Waals surface area (Å²) in [5.74, 6) is -0.0443. The summed E-state index contributed by atoms with van der Waals surface area (Å²) in [5, 5.41) is 6.44. The lowest BCUT2D eigenvalue weighted by Gasteiger charge is -2.04. The predicted molar refractivity (Wildman–Crippen MR) is 78.5 cm³/mol. The Bertz CT molecular complexity index is 674. The standard InChI is InChI=1S/C16H18N2O3/c1-4-12-15(16(20)17-3)14(21-18-12)9-13(19)11-8-6-5-7-10(11)2/h5-8H,4,9H2,1-3H3,(H,17,20). The Hall–Kier alpha value is -2.43. The molecule has 1 N–H and O–H groups in total. The average molecular weight is 286 g/mol. The van der Waals surface area contributed by atoms with E-state index in [-0.39, 0.29) is 18.1 Å². The molecule has 1 amide bonds. The van der Waals surface area contributed by atoms with Gasteiger partial charge in [-0.25, -0.2) is 0 Å². The zero-order valence-corrected chi connectivity index (χ0v) is 12.4. The lowest BCUT2D eigenvalue weighted by molar-refractivity contribution is 0.0959. The first-order valence-corrected chi connectivity index (χ1v) is 6.86. The Morgan fingerprint density at radius 1 is 1.29 bits per heavy atom. The van der Waals surface area contributed by atoms with Crippen molar-refractivity contribution in [2.75, 3.05) is 7.05 Å². The van der Waals surface area contributed by atoms with Crippen molar-refractivity contribution in [3.8, 4) is 0 Å². The topological polar surface area (TPSA) is 72.2 Å². The van der Waals surface area contributed by atoms with Gasteiger partial charge in [-0.15, -0.1) is 0 Å². The molecule has 5 heteroatoms. The molecule has 0 aliphatic heterocycles. The Kier molecular flexibility index (Phi) is 4.52. The van der Waals surface area contributed by atoms with Crippen LogP contribution in [0.4, 0.5) is 0 Å². The lowest BCUT2D eigenvalue weighted by atomic mass is 9.99. The maximum Gasteiger partial charge on any atom is 0.256 e. The molecule has 0 aliphatic rings. The van der Waals surface area contributed by atoms with Gasteiger partial charge < -0.3 is 9.84 Å². The molecule has 1 aromatic carbocycles. The number of rotatable bonds is 5. The lowest BCUT2D eigenvalue weighted by Crippen LogP contribution is -2.21. The van der Waals surface area contributed by atoms with Crippen LogP contribution in [0.5, 0.6) is 0 Å². The minimum atomic E-state index is -0.277. The number of carbonyl (C=O) groups excluding carboxylic acids is 2. The van der Waals surface area contributed by atoms with Gasteiger partial charge in [0.05, 0.1) is 12.1 Å². The van der Waals surface area contributed by atoms with Crippen molar-refractivity contribution in [2.45, 2.75) is 26.7 Å². The third kappa shape index (κ3) is 3.02. The largest absolute Gasteiger partial charge is 0.360 e. The molecule has 0 atom stereocenters. The maximum absolute atomic E-state index is 12.4. The van der Waals surface area contributed by atoms with Crippen molar-refractivity contribution in [2.24, 2.45) is 0 Å². The number of carbonyl (C=O) groups is 2. The summed E-state index contributed by atoms with van der Waals surface area (Å²) in [4.78, 5) is 24.3. The zero-order valence-electron chi connectivity index (χ0n) is 12.4. The smallest absolute Gasteiger partial charge is 0.256 e. The Balaban J connectivity index is 2.32. The number of aryl methyl sites for hydroxylation is 2. The molecule has 0 aliphatic carbocycles. The van der Waals surface area contributed by atoms with E-state index in [1.807, 2.05) is 32.0 Å². The summed E-state index contributed by atoms with van der Waals surface area (Å²) in [5.41, 5.74) is 2.48. The van der Waals surface area contributed by atoms with E-state index in [9.17, 15) is 9.59 Å². The van der Waals surface area contributed by atoms with Crippen LogP contribution in [0.15, 0.2) is 28.8 Å². The second-order valence-corrected chi connectivity index (χ2v) is 4.77. The molecule has 0 fully saturated rings. The molecular formula is C16H18N2O3. The van der Waals surface area contributed by atoms with E-state index in [2.05, 4.69) is 10.5 Å². The highest BCUT2D eigenvalue weighted by atomic mass is 16.5. The van der Waals surface area contributed by atoms with Gasteiger partial charge in [0.1, 0.15) is 5.56 Å². The molecule has 1 aromatic heterocycles. The average Bonchev–Trinajstić information content (AvgIpc) is 2.89. The van der Waals surface area contributed by atoms with Crippen LogP contribution >= 0.6 is 0 Å².